The van der Waals surface area contributed by atoms with Gasteiger partial charge in [-0.1, -0.05) is 53.3 Å². The number of aromatic nitrogens is 2. The minimum absolute atomic E-state index is 0.0237. The van der Waals surface area contributed by atoms with Gasteiger partial charge in [0.15, 0.2) is 5.78 Å². The summed E-state index contributed by atoms with van der Waals surface area (Å²) in [7, 11) is 0. The van der Waals surface area contributed by atoms with E-state index in [4.69, 9.17) is 4.42 Å². The number of aromatic hydroxyl groups is 1. The van der Waals surface area contributed by atoms with Crippen LogP contribution >= 0.6 is 11.3 Å². The summed E-state index contributed by atoms with van der Waals surface area (Å²) in [4.78, 5) is 30.9. The van der Waals surface area contributed by atoms with Crippen LogP contribution in [0.1, 0.15) is 38.5 Å². The molecule has 4 aromatic rings. The highest BCUT2D eigenvalue weighted by Gasteiger charge is 2.12. The topological polar surface area (TPSA) is 96.2 Å². The zero-order valence-corrected chi connectivity index (χ0v) is 17.2. The van der Waals surface area contributed by atoms with E-state index in [1.807, 2.05) is 43.3 Å². The number of nitrogens with one attached hydrogen (secondary N) is 1. The highest BCUT2D eigenvalue weighted by molar-refractivity contribution is 7.09. The lowest BCUT2D eigenvalue weighted by molar-refractivity contribution is 0.0982. The molecule has 4 rings (SSSR count). The molecule has 0 atom stereocenters. The molecule has 0 fully saturated rings. The third kappa shape index (κ3) is 4.58. The van der Waals surface area contributed by atoms with Crippen molar-refractivity contribution in [1.29, 1.82) is 0 Å². The Morgan fingerprint density at radius 2 is 1.87 bits per heavy atom. The molecular formula is C23H20N2O4S. The third-order valence-electron chi connectivity index (χ3n) is 4.80. The average molecular weight is 420 g/mol. The molecular weight excluding hydrogens is 400 g/mol. The van der Waals surface area contributed by atoms with Crippen molar-refractivity contribution in [1.82, 2.24) is 9.97 Å². The number of nitrogens with zero attached hydrogens (tertiary/aromatic N) is 1. The standard InChI is InChI=1S/C23H20N2O4S/c1-14-2-6-17(7-3-14)22-24-18(13-29-22)10-11-19(26)16-8-4-15(5-9-16)12-20-21(27)25-23(28)30-20/h2-9,13,27H,10-12H2,1H3,(H,25,28). The van der Waals surface area contributed by atoms with E-state index in [1.54, 1.807) is 18.4 Å². The van der Waals surface area contributed by atoms with Crippen LogP contribution in [-0.4, -0.2) is 20.9 Å². The number of Topliss-reactive ketones (excluding diaryl/α,β-unsaturated/α-hetero) is 1. The van der Waals surface area contributed by atoms with Gasteiger partial charge in [-0.25, -0.2) is 4.98 Å². The van der Waals surface area contributed by atoms with Crippen LogP contribution in [0.5, 0.6) is 5.88 Å². The Morgan fingerprint density at radius 3 is 2.53 bits per heavy atom. The van der Waals surface area contributed by atoms with Crippen molar-refractivity contribution >= 4 is 17.1 Å². The molecule has 152 valence electrons. The number of aryl methyl sites for hydroxylation is 2. The molecule has 7 heteroatoms. The van der Waals surface area contributed by atoms with Crippen molar-refractivity contribution < 1.29 is 14.3 Å². The number of carbonyl (C=O) groups excluding carboxylic acids is 1. The van der Waals surface area contributed by atoms with Crippen LogP contribution in [0.4, 0.5) is 0 Å². The lowest BCUT2D eigenvalue weighted by atomic mass is 10.0. The quantitative estimate of drug-likeness (QED) is 0.429. The van der Waals surface area contributed by atoms with Gasteiger partial charge in [-0.05, 0) is 24.6 Å². The first-order valence-corrected chi connectivity index (χ1v) is 10.3. The van der Waals surface area contributed by atoms with E-state index in [2.05, 4.69) is 9.97 Å². The van der Waals surface area contributed by atoms with Crippen molar-refractivity contribution in [3.63, 3.8) is 0 Å². The van der Waals surface area contributed by atoms with Gasteiger partial charge in [0.05, 0.1) is 10.6 Å². The predicted octanol–water partition coefficient (Wildman–Crippen LogP) is 4.51. The molecule has 0 spiro atoms. The SMILES string of the molecule is Cc1ccc(-c2nc(CCC(=O)c3ccc(Cc4sc(=O)[nH]c4O)cc3)co2)cc1. The summed E-state index contributed by atoms with van der Waals surface area (Å²) in [5.74, 6) is 0.482. The molecule has 2 heterocycles. The molecule has 0 saturated carbocycles. The Labute approximate surface area is 176 Å². The number of rotatable bonds is 7. The maximum Gasteiger partial charge on any atom is 0.307 e. The van der Waals surface area contributed by atoms with Gasteiger partial charge in [0.2, 0.25) is 11.8 Å². The summed E-state index contributed by atoms with van der Waals surface area (Å²) < 4.78 is 5.55. The first-order valence-electron chi connectivity index (χ1n) is 9.52. The van der Waals surface area contributed by atoms with Gasteiger partial charge in [-0.2, -0.15) is 0 Å². The Morgan fingerprint density at radius 1 is 1.13 bits per heavy atom. The second kappa shape index (κ2) is 8.51. The lowest BCUT2D eigenvalue weighted by Gasteiger charge is -2.03. The monoisotopic (exact) mass is 420 g/mol. The minimum atomic E-state index is -0.285. The molecule has 0 aliphatic rings. The number of aromatic amines is 1. The van der Waals surface area contributed by atoms with E-state index in [0.29, 0.717) is 35.6 Å². The van der Waals surface area contributed by atoms with Gasteiger partial charge in [-0.3, -0.25) is 14.6 Å². The molecule has 0 bridgehead atoms. The van der Waals surface area contributed by atoms with Crippen LogP contribution in [0.3, 0.4) is 0 Å². The Hall–Kier alpha value is -3.45. The zero-order valence-electron chi connectivity index (χ0n) is 16.3. The van der Waals surface area contributed by atoms with E-state index >= 15 is 0 Å². The normalized spacial score (nSPS) is 11.0. The predicted molar refractivity (Wildman–Crippen MR) is 115 cm³/mol. The number of hydrogen-bond acceptors (Lipinski definition) is 6. The largest absolute Gasteiger partial charge is 0.494 e. The number of H-pyrrole nitrogens is 1. The lowest BCUT2D eigenvalue weighted by Crippen LogP contribution is -2.01. The Kier molecular flexibility index (Phi) is 5.63. The second-order valence-corrected chi connectivity index (χ2v) is 8.16. The molecule has 2 aromatic heterocycles. The van der Waals surface area contributed by atoms with Crippen molar-refractivity contribution in [2.75, 3.05) is 0 Å². The molecule has 0 radical (unpaired) electrons. The summed E-state index contributed by atoms with van der Waals surface area (Å²) in [6.45, 7) is 2.02. The van der Waals surface area contributed by atoms with Crippen molar-refractivity contribution in [2.45, 2.75) is 26.2 Å². The number of hydrogen-bond donors (Lipinski definition) is 2. The highest BCUT2D eigenvalue weighted by atomic mass is 32.1. The fourth-order valence-corrected chi connectivity index (χ4v) is 3.86. The fourth-order valence-electron chi connectivity index (χ4n) is 3.10. The maximum atomic E-state index is 12.5. The molecule has 30 heavy (non-hydrogen) atoms. The van der Waals surface area contributed by atoms with Crippen LogP contribution in [0.25, 0.3) is 11.5 Å². The van der Waals surface area contributed by atoms with Crippen molar-refractivity contribution in [3.05, 3.63) is 91.7 Å². The number of oxazole rings is 1. The molecule has 0 amide bonds. The van der Waals surface area contributed by atoms with E-state index in [-0.39, 0.29) is 16.5 Å². The van der Waals surface area contributed by atoms with Crippen LogP contribution in [-0.2, 0) is 12.8 Å². The number of thiazole rings is 1. The molecule has 2 N–H and O–H groups in total. The third-order valence-corrected chi connectivity index (χ3v) is 5.67. The summed E-state index contributed by atoms with van der Waals surface area (Å²) in [6, 6.07) is 15.1. The summed E-state index contributed by atoms with van der Waals surface area (Å²) in [6.07, 6.45) is 2.87. The van der Waals surface area contributed by atoms with E-state index in [1.165, 1.54) is 5.56 Å². The van der Waals surface area contributed by atoms with Crippen LogP contribution in [0.2, 0.25) is 0 Å². The molecule has 0 saturated heterocycles. The molecule has 6 nitrogen and oxygen atoms in total. The van der Waals surface area contributed by atoms with Gasteiger partial charge in [0, 0.05) is 30.4 Å². The van der Waals surface area contributed by atoms with E-state index in [9.17, 15) is 14.7 Å². The average Bonchev–Trinajstić information content (AvgIpc) is 3.33. The molecule has 0 aliphatic carbocycles. The van der Waals surface area contributed by atoms with E-state index in [0.717, 1.165) is 28.2 Å². The van der Waals surface area contributed by atoms with Crippen LogP contribution in [0.15, 0.2) is 64.0 Å². The summed E-state index contributed by atoms with van der Waals surface area (Å²) >= 11 is 0.983. The van der Waals surface area contributed by atoms with Gasteiger partial charge >= 0.3 is 4.87 Å². The van der Waals surface area contributed by atoms with Gasteiger partial charge in [0.1, 0.15) is 6.26 Å². The molecule has 2 aromatic carbocycles. The first kappa shape index (κ1) is 19.8. The van der Waals surface area contributed by atoms with Crippen LogP contribution < -0.4 is 4.87 Å². The van der Waals surface area contributed by atoms with Gasteiger partial charge < -0.3 is 9.52 Å². The van der Waals surface area contributed by atoms with Crippen LogP contribution in [0, 0.1) is 6.92 Å². The summed E-state index contributed by atoms with van der Waals surface area (Å²) in [5.41, 5.74) is 4.35. The Balaban J connectivity index is 1.35. The van der Waals surface area contributed by atoms with Gasteiger partial charge in [0.25, 0.3) is 0 Å². The Bertz CT molecular complexity index is 1220. The fraction of sp³-hybridized carbons (Fsp3) is 0.174. The second-order valence-electron chi connectivity index (χ2n) is 7.09. The number of carbonyl (C=O) groups is 1. The maximum absolute atomic E-state index is 12.5. The van der Waals surface area contributed by atoms with Crippen molar-refractivity contribution in [3.8, 4) is 17.3 Å². The van der Waals surface area contributed by atoms with Gasteiger partial charge in [-0.15, -0.1) is 0 Å². The minimum Gasteiger partial charge on any atom is -0.494 e. The first-order chi connectivity index (χ1) is 14.5. The molecule has 0 unspecified atom stereocenters. The van der Waals surface area contributed by atoms with E-state index < -0.39 is 0 Å². The summed E-state index contributed by atoms with van der Waals surface area (Å²) in [5, 5.41) is 9.69. The van der Waals surface area contributed by atoms with Crippen molar-refractivity contribution in [2.24, 2.45) is 0 Å². The highest BCUT2D eigenvalue weighted by Crippen LogP contribution is 2.22. The zero-order chi connectivity index (χ0) is 21.1. The number of ketones is 1. The molecule has 0 aliphatic heterocycles. The smallest absolute Gasteiger partial charge is 0.307 e. The number of benzene rings is 2.